The van der Waals surface area contributed by atoms with E-state index in [9.17, 15) is 4.79 Å². The van der Waals surface area contributed by atoms with Crippen LogP contribution in [0, 0.1) is 12.3 Å². The predicted octanol–water partition coefficient (Wildman–Crippen LogP) is 1.93. The highest BCUT2D eigenvalue weighted by Crippen LogP contribution is 2.21. The molecule has 0 spiro atoms. The molecule has 1 unspecified atom stereocenters. The van der Waals surface area contributed by atoms with Crippen molar-refractivity contribution in [3.8, 4) is 18.1 Å². The molecular formula is C12H12O3. The summed E-state index contributed by atoms with van der Waals surface area (Å²) < 4.78 is 10.00. The number of carbonyl (C=O) groups excluding carboxylic acids is 1. The highest BCUT2D eigenvalue weighted by Gasteiger charge is 2.11. The topological polar surface area (TPSA) is 35.5 Å². The molecule has 0 heterocycles. The molecule has 0 N–H and O–H groups in total. The molecule has 0 bridgehead atoms. The van der Waals surface area contributed by atoms with E-state index in [0.29, 0.717) is 5.75 Å². The van der Waals surface area contributed by atoms with E-state index in [2.05, 4.69) is 5.92 Å². The second kappa shape index (κ2) is 5.06. The Hall–Kier alpha value is -1.95. The highest BCUT2D eigenvalue weighted by molar-refractivity contribution is 5.66. The molecule has 3 nitrogen and oxygen atoms in total. The summed E-state index contributed by atoms with van der Waals surface area (Å²) in [5.74, 6) is 2.68. The Morgan fingerprint density at radius 3 is 2.80 bits per heavy atom. The molecule has 1 rings (SSSR count). The van der Waals surface area contributed by atoms with E-state index < -0.39 is 12.1 Å². The molecule has 15 heavy (non-hydrogen) atoms. The third-order valence-electron chi connectivity index (χ3n) is 1.83. The number of benzene rings is 1. The minimum absolute atomic E-state index is 0.402. The first-order valence-electron chi connectivity index (χ1n) is 4.44. The first-order valence-corrected chi connectivity index (χ1v) is 4.44. The molecule has 1 aromatic carbocycles. The summed E-state index contributed by atoms with van der Waals surface area (Å²) in [5.41, 5.74) is 0.729. The number of hydrogen-bond acceptors (Lipinski definition) is 3. The summed E-state index contributed by atoms with van der Waals surface area (Å²) in [6, 6.07) is 7.12. The number of esters is 1. The van der Waals surface area contributed by atoms with Gasteiger partial charge in [-0.3, -0.25) is 4.79 Å². The first kappa shape index (κ1) is 11.1. The van der Waals surface area contributed by atoms with Crippen molar-refractivity contribution in [2.75, 3.05) is 7.11 Å². The molecule has 0 radical (unpaired) electrons. The molecule has 0 amide bonds. The molecular weight excluding hydrogens is 192 g/mol. The van der Waals surface area contributed by atoms with Crippen LogP contribution < -0.4 is 4.74 Å². The lowest BCUT2D eigenvalue weighted by molar-refractivity contribution is -0.144. The van der Waals surface area contributed by atoms with Gasteiger partial charge in [0.25, 0.3) is 0 Å². The van der Waals surface area contributed by atoms with Gasteiger partial charge in [0.2, 0.25) is 0 Å². The van der Waals surface area contributed by atoms with E-state index in [4.69, 9.17) is 15.9 Å². The minimum atomic E-state index is -0.655. The van der Waals surface area contributed by atoms with E-state index in [0.717, 1.165) is 5.56 Å². The van der Waals surface area contributed by atoms with Crippen molar-refractivity contribution in [2.45, 2.75) is 13.0 Å². The van der Waals surface area contributed by atoms with E-state index in [1.54, 1.807) is 31.4 Å². The maximum absolute atomic E-state index is 10.8. The summed E-state index contributed by atoms with van der Waals surface area (Å²) >= 11 is 0. The number of ether oxygens (including phenoxy) is 2. The molecule has 0 fully saturated rings. The monoisotopic (exact) mass is 204 g/mol. The molecule has 78 valence electrons. The van der Waals surface area contributed by atoms with Crippen molar-refractivity contribution in [2.24, 2.45) is 0 Å². The molecule has 1 atom stereocenters. The van der Waals surface area contributed by atoms with Crippen molar-refractivity contribution in [1.82, 2.24) is 0 Å². The predicted molar refractivity (Wildman–Crippen MR) is 56.3 cm³/mol. The lowest BCUT2D eigenvalue weighted by atomic mass is 10.1. The second-order valence-electron chi connectivity index (χ2n) is 2.93. The summed E-state index contributed by atoms with van der Waals surface area (Å²) in [5, 5.41) is 0. The zero-order chi connectivity index (χ0) is 11.3. The average Bonchev–Trinajstić information content (AvgIpc) is 2.25. The van der Waals surface area contributed by atoms with Gasteiger partial charge in [-0.25, -0.2) is 0 Å². The molecule has 0 aliphatic carbocycles. The normalized spacial score (nSPS) is 11.3. The van der Waals surface area contributed by atoms with Crippen LogP contribution in [-0.4, -0.2) is 13.1 Å². The van der Waals surface area contributed by atoms with Crippen LogP contribution >= 0.6 is 0 Å². The van der Waals surface area contributed by atoms with Gasteiger partial charge in [0.05, 0.1) is 7.11 Å². The molecule has 1 aromatic rings. The fourth-order valence-electron chi connectivity index (χ4n) is 1.17. The van der Waals surface area contributed by atoms with Crippen LogP contribution in [0.4, 0.5) is 0 Å². The lowest BCUT2D eigenvalue weighted by Gasteiger charge is -2.11. The minimum Gasteiger partial charge on any atom is -0.497 e. The summed E-state index contributed by atoms with van der Waals surface area (Å²) in [6.45, 7) is 1.32. The largest absolute Gasteiger partial charge is 0.497 e. The van der Waals surface area contributed by atoms with Gasteiger partial charge in [-0.05, 0) is 12.1 Å². The molecule has 3 heteroatoms. The molecule has 0 aliphatic rings. The molecule has 0 aliphatic heterocycles. The number of terminal acetylenes is 1. The van der Waals surface area contributed by atoms with Gasteiger partial charge >= 0.3 is 5.97 Å². The zero-order valence-corrected chi connectivity index (χ0v) is 8.69. The Morgan fingerprint density at radius 2 is 2.27 bits per heavy atom. The summed E-state index contributed by atoms with van der Waals surface area (Å²) in [7, 11) is 1.57. The Bertz CT molecular complexity index is 390. The van der Waals surface area contributed by atoms with Crippen LogP contribution in [0.15, 0.2) is 24.3 Å². The second-order valence-corrected chi connectivity index (χ2v) is 2.93. The van der Waals surface area contributed by atoms with Crippen molar-refractivity contribution < 1.29 is 14.3 Å². The number of methoxy groups -OCH3 is 1. The van der Waals surface area contributed by atoms with Gasteiger partial charge in [-0.2, -0.15) is 0 Å². The smallest absolute Gasteiger partial charge is 0.304 e. The maximum Gasteiger partial charge on any atom is 0.304 e. The van der Waals surface area contributed by atoms with E-state index >= 15 is 0 Å². The standard InChI is InChI=1S/C12H12O3/c1-4-12(15-9(2)13)10-6-5-7-11(8-10)14-3/h1,5-8,12H,2-3H3. The van der Waals surface area contributed by atoms with Crippen molar-refractivity contribution in [3.63, 3.8) is 0 Å². The summed E-state index contributed by atoms with van der Waals surface area (Å²) in [4.78, 5) is 10.8. The van der Waals surface area contributed by atoms with E-state index in [-0.39, 0.29) is 0 Å². The molecule has 0 saturated carbocycles. The lowest BCUT2D eigenvalue weighted by Crippen LogP contribution is -2.06. The van der Waals surface area contributed by atoms with Gasteiger partial charge in [-0.15, -0.1) is 6.42 Å². The van der Waals surface area contributed by atoms with Gasteiger partial charge in [0.1, 0.15) is 5.75 Å². The molecule has 0 aromatic heterocycles. The summed E-state index contributed by atoms with van der Waals surface area (Å²) in [6.07, 6.45) is 4.62. The highest BCUT2D eigenvalue weighted by atomic mass is 16.5. The average molecular weight is 204 g/mol. The SMILES string of the molecule is C#CC(OC(C)=O)c1cccc(OC)c1. The quantitative estimate of drug-likeness (QED) is 0.557. The Labute approximate surface area is 89.0 Å². The van der Waals surface area contributed by atoms with Crippen LogP contribution in [-0.2, 0) is 9.53 Å². The van der Waals surface area contributed by atoms with E-state index in [1.165, 1.54) is 6.92 Å². The van der Waals surface area contributed by atoms with Gasteiger partial charge in [0.15, 0.2) is 6.10 Å². The van der Waals surface area contributed by atoms with Gasteiger partial charge in [-0.1, -0.05) is 18.1 Å². The van der Waals surface area contributed by atoms with Crippen LogP contribution in [0.3, 0.4) is 0 Å². The van der Waals surface area contributed by atoms with E-state index in [1.807, 2.05) is 0 Å². The van der Waals surface area contributed by atoms with Gasteiger partial charge in [0, 0.05) is 12.5 Å². The Morgan fingerprint density at radius 1 is 1.53 bits per heavy atom. The van der Waals surface area contributed by atoms with Crippen molar-refractivity contribution in [3.05, 3.63) is 29.8 Å². The third-order valence-corrected chi connectivity index (χ3v) is 1.83. The number of carbonyl (C=O) groups is 1. The Kier molecular flexibility index (Phi) is 3.75. The third kappa shape index (κ3) is 3.03. The molecule has 0 saturated heterocycles. The number of rotatable bonds is 3. The van der Waals surface area contributed by atoms with Crippen LogP contribution in [0.2, 0.25) is 0 Å². The first-order chi connectivity index (χ1) is 7.17. The fourth-order valence-corrected chi connectivity index (χ4v) is 1.17. The van der Waals surface area contributed by atoms with Crippen LogP contribution in [0.25, 0.3) is 0 Å². The fraction of sp³-hybridized carbons (Fsp3) is 0.250. The zero-order valence-electron chi connectivity index (χ0n) is 8.69. The van der Waals surface area contributed by atoms with Crippen molar-refractivity contribution >= 4 is 5.97 Å². The Balaban J connectivity index is 2.92. The van der Waals surface area contributed by atoms with Crippen molar-refractivity contribution in [1.29, 1.82) is 0 Å². The number of hydrogen-bond donors (Lipinski definition) is 0. The maximum atomic E-state index is 10.8. The van der Waals surface area contributed by atoms with Gasteiger partial charge < -0.3 is 9.47 Å². The van der Waals surface area contributed by atoms with Crippen LogP contribution in [0.1, 0.15) is 18.6 Å². The van der Waals surface area contributed by atoms with Crippen LogP contribution in [0.5, 0.6) is 5.75 Å².